The van der Waals surface area contributed by atoms with Gasteiger partial charge in [0.25, 0.3) is 10.0 Å². The van der Waals surface area contributed by atoms with Gasteiger partial charge in [0.05, 0.1) is 21.8 Å². The fraction of sp³-hybridized carbons (Fsp3) is 0.0952. The Bertz CT molecular complexity index is 1170. The molecule has 0 bridgehead atoms. The third-order valence-corrected chi connectivity index (χ3v) is 6.75. The van der Waals surface area contributed by atoms with E-state index in [9.17, 15) is 26.4 Å². The zero-order valence-corrected chi connectivity index (χ0v) is 18.8. The number of sulfonamides is 1. The normalized spacial score (nSPS) is 11.7. The van der Waals surface area contributed by atoms with Gasteiger partial charge < -0.3 is 5.32 Å². The minimum absolute atomic E-state index is 0.0444. The lowest BCUT2D eigenvalue weighted by Crippen LogP contribution is -2.38. The van der Waals surface area contributed by atoms with Gasteiger partial charge in [0, 0.05) is 3.57 Å². The van der Waals surface area contributed by atoms with E-state index >= 15 is 0 Å². The average molecular weight is 560 g/mol. The molecule has 1 N–H and O–H groups in total. The number of para-hydroxylation sites is 1. The first-order valence-corrected chi connectivity index (χ1v) is 11.4. The number of hydrogen-bond acceptors (Lipinski definition) is 3. The topological polar surface area (TPSA) is 66.5 Å². The molecule has 0 spiro atoms. The standard InChI is InChI=1S/C21H16F3IN2O3S/c22-21(23,24)18-8-4-5-9-19(18)26-20(28)14-27(16-12-10-15(25)11-13-16)31(29,30)17-6-2-1-3-7-17/h1-13H,14H2,(H,26,28). The maximum atomic E-state index is 13.2. The zero-order valence-electron chi connectivity index (χ0n) is 15.8. The van der Waals surface area contributed by atoms with Crippen LogP contribution in [0.1, 0.15) is 5.56 Å². The number of benzene rings is 3. The molecule has 1 amide bonds. The maximum Gasteiger partial charge on any atom is 0.418 e. The van der Waals surface area contributed by atoms with Gasteiger partial charge in [-0.1, -0.05) is 30.3 Å². The second kappa shape index (κ2) is 9.27. The summed E-state index contributed by atoms with van der Waals surface area (Å²) in [6.07, 6.45) is -4.67. The van der Waals surface area contributed by atoms with Crippen LogP contribution in [0.15, 0.2) is 83.8 Å². The van der Waals surface area contributed by atoms with E-state index in [1.807, 2.05) is 0 Å². The summed E-state index contributed by atoms with van der Waals surface area (Å²) in [4.78, 5) is 12.6. The Morgan fingerprint density at radius 2 is 1.48 bits per heavy atom. The number of halogens is 4. The molecule has 5 nitrogen and oxygen atoms in total. The molecule has 0 aromatic heterocycles. The molecule has 0 saturated heterocycles. The van der Waals surface area contributed by atoms with Crippen molar-refractivity contribution in [1.82, 2.24) is 0 Å². The van der Waals surface area contributed by atoms with Gasteiger partial charge in [-0.3, -0.25) is 9.10 Å². The van der Waals surface area contributed by atoms with Crippen LogP contribution in [0.2, 0.25) is 0 Å². The van der Waals surface area contributed by atoms with E-state index in [0.717, 1.165) is 20.0 Å². The highest BCUT2D eigenvalue weighted by molar-refractivity contribution is 14.1. The van der Waals surface area contributed by atoms with Crippen LogP contribution in [0.25, 0.3) is 0 Å². The minimum Gasteiger partial charge on any atom is -0.324 e. The van der Waals surface area contributed by atoms with Gasteiger partial charge in [-0.2, -0.15) is 13.2 Å². The Hall–Kier alpha value is -2.60. The lowest BCUT2D eigenvalue weighted by Gasteiger charge is -2.24. The van der Waals surface area contributed by atoms with Crippen molar-refractivity contribution < 1.29 is 26.4 Å². The molecule has 0 aliphatic rings. The van der Waals surface area contributed by atoms with E-state index in [1.165, 1.54) is 36.4 Å². The van der Waals surface area contributed by atoms with Gasteiger partial charge in [-0.15, -0.1) is 0 Å². The molecule has 3 rings (SSSR count). The predicted octanol–water partition coefficient (Wildman–Crippen LogP) is 5.14. The van der Waals surface area contributed by atoms with Crippen LogP contribution >= 0.6 is 22.6 Å². The number of nitrogens with zero attached hydrogens (tertiary/aromatic N) is 1. The monoisotopic (exact) mass is 560 g/mol. The maximum absolute atomic E-state index is 13.2. The van der Waals surface area contributed by atoms with Crippen LogP contribution in [-0.4, -0.2) is 20.9 Å². The number of amides is 1. The van der Waals surface area contributed by atoms with Crippen molar-refractivity contribution in [2.24, 2.45) is 0 Å². The van der Waals surface area contributed by atoms with Crippen LogP contribution in [0.3, 0.4) is 0 Å². The molecule has 0 aliphatic carbocycles. The first kappa shape index (κ1) is 23.1. The number of carbonyl (C=O) groups is 1. The second-order valence-corrected chi connectivity index (χ2v) is 9.50. The molecular formula is C21H16F3IN2O3S. The number of nitrogens with one attached hydrogen (secondary N) is 1. The molecule has 162 valence electrons. The molecule has 0 atom stereocenters. The van der Waals surface area contributed by atoms with Crippen LogP contribution in [0, 0.1) is 3.57 Å². The lowest BCUT2D eigenvalue weighted by atomic mass is 10.1. The van der Waals surface area contributed by atoms with Gasteiger partial charge in [0.1, 0.15) is 6.54 Å². The summed E-state index contributed by atoms with van der Waals surface area (Å²) in [5, 5.41) is 2.19. The molecule has 0 saturated carbocycles. The van der Waals surface area contributed by atoms with Crippen molar-refractivity contribution in [3.63, 3.8) is 0 Å². The molecule has 3 aromatic carbocycles. The summed E-state index contributed by atoms with van der Waals surface area (Å²) >= 11 is 2.05. The van der Waals surface area contributed by atoms with E-state index in [-0.39, 0.29) is 10.6 Å². The first-order valence-electron chi connectivity index (χ1n) is 8.88. The fourth-order valence-corrected chi connectivity index (χ4v) is 4.60. The van der Waals surface area contributed by atoms with E-state index in [0.29, 0.717) is 0 Å². The van der Waals surface area contributed by atoms with Crippen molar-refractivity contribution in [3.05, 3.63) is 88.0 Å². The highest BCUT2D eigenvalue weighted by Gasteiger charge is 2.34. The van der Waals surface area contributed by atoms with Crippen molar-refractivity contribution in [3.8, 4) is 0 Å². The Labute approximate surface area is 191 Å². The number of carbonyl (C=O) groups excluding carboxylic acids is 1. The van der Waals surface area contributed by atoms with Crippen molar-refractivity contribution in [2.75, 3.05) is 16.2 Å². The summed E-state index contributed by atoms with van der Waals surface area (Å²) in [5.41, 5.74) is -1.25. The first-order chi connectivity index (χ1) is 14.6. The van der Waals surface area contributed by atoms with Gasteiger partial charge in [-0.05, 0) is 71.1 Å². The van der Waals surface area contributed by atoms with Crippen molar-refractivity contribution in [1.29, 1.82) is 0 Å². The number of rotatable bonds is 6. The quantitative estimate of drug-likeness (QED) is 0.425. The molecule has 0 unspecified atom stereocenters. The van der Waals surface area contributed by atoms with Crippen LogP contribution < -0.4 is 9.62 Å². The average Bonchev–Trinajstić information content (AvgIpc) is 2.73. The highest BCUT2D eigenvalue weighted by atomic mass is 127. The minimum atomic E-state index is -4.67. The van der Waals surface area contributed by atoms with Gasteiger partial charge in [0.2, 0.25) is 5.91 Å². The van der Waals surface area contributed by atoms with E-state index in [2.05, 4.69) is 27.9 Å². The number of alkyl halides is 3. The molecular weight excluding hydrogens is 544 g/mol. The smallest absolute Gasteiger partial charge is 0.324 e. The van der Waals surface area contributed by atoms with Crippen LogP contribution in [-0.2, 0) is 21.0 Å². The van der Waals surface area contributed by atoms with Gasteiger partial charge >= 0.3 is 6.18 Å². The van der Waals surface area contributed by atoms with E-state index in [1.54, 1.807) is 30.3 Å². The molecule has 3 aromatic rings. The largest absolute Gasteiger partial charge is 0.418 e. The number of hydrogen-bond donors (Lipinski definition) is 1. The van der Waals surface area contributed by atoms with E-state index in [4.69, 9.17) is 0 Å². The summed E-state index contributed by atoms with van der Waals surface area (Å²) < 4.78 is 67.8. The van der Waals surface area contributed by atoms with Crippen molar-refractivity contribution >= 4 is 49.9 Å². The lowest BCUT2D eigenvalue weighted by molar-refractivity contribution is -0.137. The third-order valence-electron chi connectivity index (χ3n) is 4.24. The van der Waals surface area contributed by atoms with E-state index < -0.39 is 39.9 Å². The molecule has 0 aliphatic heterocycles. The number of anilines is 2. The zero-order chi connectivity index (χ0) is 22.6. The predicted molar refractivity (Wildman–Crippen MR) is 120 cm³/mol. The molecule has 0 radical (unpaired) electrons. The summed E-state index contributed by atoms with van der Waals surface area (Å²) in [6, 6.07) is 18.4. The Kier molecular flexibility index (Phi) is 6.90. The van der Waals surface area contributed by atoms with Crippen molar-refractivity contribution in [2.45, 2.75) is 11.1 Å². The second-order valence-electron chi connectivity index (χ2n) is 6.39. The molecule has 0 fully saturated rings. The summed E-state index contributed by atoms with van der Waals surface area (Å²) in [5.74, 6) is -0.908. The Balaban J connectivity index is 1.95. The van der Waals surface area contributed by atoms with Crippen LogP contribution in [0.4, 0.5) is 24.5 Å². The summed E-state index contributed by atoms with van der Waals surface area (Å²) in [7, 11) is -4.15. The van der Waals surface area contributed by atoms with Gasteiger partial charge in [-0.25, -0.2) is 8.42 Å². The molecule has 0 heterocycles. The third kappa shape index (κ3) is 5.56. The highest BCUT2D eigenvalue weighted by Crippen LogP contribution is 2.34. The fourth-order valence-electron chi connectivity index (χ4n) is 2.80. The van der Waals surface area contributed by atoms with Crippen LogP contribution in [0.5, 0.6) is 0 Å². The summed E-state index contributed by atoms with van der Waals surface area (Å²) in [6.45, 7) is -0.704. The Morgan fingerprint density at radius 3 is 2.10 bits per heavy atom. The van der Waals surface area contributed by atoms with Gasteiger partial charge in [0.15, 0.2) is 0 Å². The molecule has 31 heavy (non-hydrogen) atoms. The Morgan fingerprint density at radius 1 is 0.903 bits per heavy atom. The SMILES string of the molecule is O=C(CN(c1ccc(I)cc1)S(=O)(=O)c1ccccc1)Nc1ccccc1C(F)(F)F. The molecule has 10 heteroatoms.